The van der Waals surface area contributed by atoms with Gasteiger partial charge >= 0.3 is 0 Å². The minimum absolute atomic E-state index is 0.119. The van der Waals surface area contributed by atoms with Crippen molar-refractivity contribution in [3.05, 3.63) is 35.4 Å². The molecule has 0 radical (unpaired) electrons. The molecule has 1 rings (SSSR count). The predicted molar refractivity (Wildman–Crippen MR) is 83.2 cm³/mol. The lowest BCUT2D eigenvalue weighted by molar-refractivity contribution is -0.117. The van der Waals surface area contributed by atoms with Gasteiger partial charge in [0.1, 0.15) is 5.78 Å². The van der Waals surface area contributed by atoms with Crippen LogP contribution in [0.25, 0.3) is 0 Å². The fraction of sp³-hybridized carbons (Fsp3) is 0.556. The number of carbonyl (C=O) groups is 2. The molecule has 0 bridgehead atoms. The third-order valence-corrected chi connectivity index (χ3v) is 3.51. The maximum absolute atomic E-state index is 12.0. The molecular formula is C18H26O2. The lowest BCUT2D eigenvalue weighted by Gasteiger charge is -2.18. The second-order valence-corrected chi connectivity index (χ2v) is 6.51. The quantitative estimate of drug-likeness (QED) is 0.533. The number of benzene rings is 1. The molecule has 1 aromatic carbocycles. The molecule has 110 valence electrons. The molecule has 1 aromatic rings. The van der Waals surface area contributed by atoms with E-state index in [9.17, 15) is 9.59 Å². The van der Waals surface area contributed by atoms with Gasteiger partial charge in [0.2, 0.25) is 0 Å². The van der Waals surface area contributed by atoms with Crippen LogP contribution in [-0.4, -0.2) is 11.6 Å². The molecule has 0 aliphatic rings. The first kappa shape index (κ1) is 16.6. The number of rotatable bonds is 7. The predicted octanol–water partition coefficient (Wildman–Crippen LogP) is 4.71. The fourth-order valence-corrected chi connectivity index (χ4v) is 2.14. The summed E-state index contributed by atoms with van der Waals surface area (Å²) < 4.78 is 0. The van der Waals surface area contributed by atoms with Crippen LogP contribution in [0.3, 0.4) is 0 Å². The van der Waals surface area contributed by atoms with E-state index < -0.39 is 0 Å². The van der Waals surface area contributed by atoms with E-state index in [4.69, 9.17) is 0 Å². The number of Topliss-reactive ketones (excluding diaryl/α,β-unsaturated/α-hetero) is 2. The second kappa shape index (κ2) is 7.37. The van der Waals surface area contributed by atoms with E-state index in [0.717, 1.165) is 24.8 Å². The van der Waals surface area contributed by atoms with E-state index in [2.05, 4.69) is 20.8 Å². The molecule has 0 aliphatic carbocycles. The van der Waals surface area contributed by atoms with E-state index in [1.165, 1.54) is 5.56 Å². The van der Waals surface area contributed by atoms with Crippen molar-refractivity contribution in [1.29, 1.82) is 0 Å². The first-order valence-corrected chi connectivity index (χ1v) is 7.44. The first-order valence-electron chi connectivity index (χ1n) is 7.44. The zero-order valence-electron chi connectivity index (χ0n) is 13.2. The molecular weight excluding hydrogens is 248 g/mol. The third-order valence-electron chi connectivity index (χ3n) is 3.51. The summed E-state index contributed by atoms with van der Waals surface area (Å²) >= 11 is 0. The van der Waals surface area contributed by atoms with Crippen molar-refractivity contribution in [3.63, 3.8) is 0 Å². The second-order valence-electron chi connectivity index (χ2n) is 6.51. The van der Waals surface area contributed by atoms with Gasteiger partial charge < -0.3 is 4.79 Å². The molecule has 20 heavy (non-hydrogen) atoms. The Labute approximate surface area is 122 Å². The molecule has 2 nitrogen and oxygen atoms in total. The molecule has 0 aromatic heterocycles. The summed E-state index contributed by atoms with van der Waals surface area (Å²) in [6.07, 6.45) is 3.92. The molecule has 0 N–H and O–H groups in total. The van der Waals surface area contributed by atoms with E-state index in [1.807, 2.05) is 24.3 Å². The number of carbonyl (C=O) groups excluding carboxylic acids is 2. The average molecular weight is 274 g/mol. The molecule has 0 amide bonds. The lowest BCUT2D eigenvalue weighted by atomic mass is 9.86. The summed E-state index contributed by atoms with van der Waals surface area (Å²) in [5.74, 6) is 0.433. The lowest BCUT2D eigenvalue weighted by Crippen LogP contribution is -2.11. The van der Waals surface area contributed by atoms with Crippen molar-refractivity contribution in [2.24, 2.45) is 0 Å². The Balaban J connectivity index is 2.42. The summed E-state index contributed by atoms with van der Waals surface area (Å²) in [7, 11) is 0. The molecule has 0 aliphatic heterocycles. The summed E-state index contributed by atoms with van der Waals surface area (Å²) in [5.41, 5.74) is 2.16. The van der Waals surface area contributed by atoms with Crippen LogP contribution in [0.4, 0.5) is 0 Å². The highest BCUT2D eigenvalue weighted by Crippen LogP contribution is 2.22. The normalized spacial score (nSPS) is 11.4. The van der Waals surface area contributed by atoms with Crippen LogP contribution < -0.4 is 0 Å². The average Bonchev–Trinajstić information content (AvgIpc) is 2.37. The Hall–Kier alpha value is -1.44. The molecule has 0 heterocycles. The Bertz CT molecular complexity index is 449. The highest BCUT2D eigenvalue weighted by atomic mass is 16.1. The molecule has 0 spiro atoms. The van der Waals surface area contributed by atoms with Crippen molar-refractivity contribution in [2.75, 3.05) is 0 Å². The highest BCUT2D eigenvalue weighted by molar-refractivity contribution is 5.96. The Kier molecular flexibility index (Phi) is 6.12. The van der Waals surface area contributed by atoms with Crippen LogP contribution in [0.5, 0.6) is 0 Å². The molecule has 0 saturated heterocycles. The van der Waals surface area contributed by atoms with Crippen LogP contribution in [0.1, 0.15) is 75.7 Å². The van der Waals surface area contributed by atoms with Crippen LogP contribution >= 0.6 is 0 Å². The van der Waals surface area contributed by atoms with Gasteiger partial charge in [-0.1, -0.05) is 51.5 Å². The van der Waals surface area contributed by atoms with Crippen molar-refractivity contribution in [3.8, 4) is 0 Å². The van der Waals surface area contributed by atoms with Crippen molar-refractivity contribution in [1.82, 2.24) is 0 Å². The van der Waals surface area contributed by atoms with Gasteiger partial charge in [-0.05, 0) is 30.7 Å². The van der Waals surface area contributed by atoms with E-state index in [0.29, 0.717) is 12.8 Å². The van der Waals surface area contributed by atoms with Gasteiger partial charge in [0.15, 0.2) is 5.78 Å². The zero-order valence-corrected chi connectivity index (χ0v) is 13.2. The van der Waals surface area contributed by atoms with Gasteiger partial charge in [0, 0.05) is 18.4 Å². The molecule has 0 atom stereocenters. The molecule has 2 heteroatoms. The standard InChI is InChI=1S/C18H26O2/c1-14(19)8-6-5-7-9-17(20)15-10-12-16(13-11-15)18(2,3)4/h10-13H,5-9H2,1-4H3. The maximum atomic E-state index is 12.0. The van der Waals surface area contributed by atoms with Gasteiger partial charge in [-0.2, -0.15) is 0 Å². The Morgan fingerprint density at radius 2 is 1.45 bits per heavy atom. The summed E-state index contributed by atoms with van der Waals surface area (Å²) in [5, 5.41) is 0. The maximum Gasteiger partial charge on any atom is 0.162 e. The number of unbranched alkanes of at least 4 members (excludes halogenated alkanes) is 2. The minimum Gasteiger partial charge on any atom is -0.300 e. The summed E-state index contributed by atoms with van der Waals surface area (Å²) in [6, 6.07) is 7.95. The van der Waals surface area contributed by atoms with Crippen LogP contribution in [0.2, 0.25) is 0 Å². The Morgan fingerprint density at radius 3 is 1.95 bits per heavy atom. The van der Waals surface area contributed by atoms with Crippen LogP contribution in [0, 0.1) is 0 Å². The number of hydrogen-bond acceptors (Lipinski definition) is 2. The summed E-state index contributed by atoms with van der Waals surface area (Å²) in [4.78, 5) is 22.8. The number of ketones is 2. The van der Waals surface area contributed by atoms with Crippen molar-refractivity contribution >= 4 is 11.6 Å². The van der Waals surface area contributed by atoms with Gasteiger partial charge in [-0.25, -0.2) is 0 Å². The monoisotopic (exact) mass is 274 g/mol. The molecule has 0 unspecified atom stereocenters. The van der Waals surface area contributed by atoms with E-state index in [1.54, 1.807) is 6.92 Å². The van der Waals surface area contributed by atoms with Gasteiger partial charge in [-0.15, -0.1) is 0 Å². The largest absolute Gasteiger partial charge is 0.300 e. The summed E-state index contributed by atoms with van der Waals surface area (Å²) in [6.45, 7) is 8.11. The number of hydrogen-bond donors (Lipinski definition) is 0. The van der Waals surface area contributed by atoms with E-state index in [-0.39, 0.29) is 17.0 Å². The van der Waals surface area contributed by atoms with Crippen molar-refractivity contribution in [2.45, 2.75) is 65.2 Å². The van der Waals surface area contributed by atoms with Crippen LogP contribution in [-0.2, 0) is 10.2 Å². The van der Waals surface area contributed by atoms with Crippen molar-refractivity contribution < 1.29 is 9.59 Å². The zero-order chi connectivity index (χ0) is 15.2. The van der Waals surface area contributed by atoms with Crippen LogP contribution in [0.15, 0.2) is 24.3 Å². The van der Waals surface area contributed by atoms with Gasteiger partial charge in [0.05, 0.1) is 0 Å². The fourth-order valence-electron chi connectivity index (χ4n) is 2.14. The van der Waals surface area contributed by atoms with E-state index >= 15 is 0 Å². The smallest absolute Gasteiger partial charge is 0.162 e. The third kappa shape index (κ3) is 5.68. The highest BCUT2D eigenvalue weighted by Gasteiger charge is 2.14. The Morgan fingerprint density at radius 1 is 0.900 bits per heavy atom. The van der Waals surface area contributed by atoms with Gasteiger partial charge in [-0.3, -0.25) is 4.79 Å². The van der Waals surface area contributed by atoms with Gasteiger partial charge in [0.25, 0.3) is 0 Å². The molecule has 0 saturated carbocycles. The topological polar surface area (TPSA) is 34.1 Å². The minimum atomic E-state index is 0.119. The first-order chi connectivity index (χ1) is 9.30. The molecule has 0 fully saturated rings. The SMILES string of the molecule is CC(=O)CCCCCC(=O)c1ccc(C(C)(C)C)cc1.